The lowest BCUT2D eigenvalue weighted by molar-refractivity contribution is -0.153. The zero-order chi connectivity index (χ0) is 13.1. The number of nitrogens with two attached hydrogens (primary N) is 1. The minimum Gasteiger partial charge on any atom is -0.493 e. The SMILES string of the molecule is COc1cccc(C(=N)N)c1OCC(F)(F)F.Cl. The third-order valence-electron chi connectivity index (χ3n) is 1.87. The number of nitrogen functional groups attached to an aromatic ring is 1. The molecular weight excluding hydrogens is 273 g/mol. The molecule has 0 bridgehead atoms. The van der Waals surface area contributed by atoms with Crippen molar-refractivity contribution in [2.24, 2.45) is 5.73 Å². The van der Waals surface area contributed by atoms with Gasteiger partial charge in [0.05, 0.1) is 12.7 Å². The van der Waals surface area contributed by atoms with Gasteiger partial charge in [0, 0.05) is 0 Å². The third kappa shape index (κ3) is 4.33. The van der Waals surface area contributed by atoms with Crippen LogP contribution in [0.3, 0.4) is 0 Å². The van der Waals surface area contributed by atoms with E-state index in [1.54, 1.807) is 0 Å². The molecule has 102 valence electrons. The molecule has 8 heteroatoms. The van der Waals surface area contributed by atoms with E-state index in [9.17, 15) is 13.2 Å². The fraction of sp³-hybridized carbons (Fsp3) is 0.300. The van der Waals surface area contributed by atoms with E-state index in [1.165, 1.54) is 25.3 Å². The van der Waals surface area contributed by atoms with E-state index in [2.05, 4.69) is 4.74 Å². The topological polar surface area (TPSA) is 68.3 Å². The molecule has 0 saturated carbocycles. The Kier molecular flexibility index (Phi) is 5.77. The summed E-state index contributed by atoms with van der Waals surface area (Å²) in [4.78, 5) is 0. The molecule has 0 saturated heterocycles. The number of benzene rings is 1. The van der Waals surface area contributed by atoms with Gasteiger partial charge >= 0.3 is 6.18 Å². The lowest BCUT2D eigenvalue weighted by Gasteiger charge is -2.15. The van der Waals surface area contributed by atoms with Gasteiger partial charge in [0.2, 0.25) is 0 Å². The molecule has 0 aliphatic carbocycles. The monoisotopic (exact) mass is 284 g/mol. The quantitative estimate of drug-likeness (QED) is 0.659. The van der Waals surface area contributed by atoms with Crippen LogP contribution in [0.4, 0.5) is 13.2 Å². The summed E-state index contributed by atoms with van der Waals surface area (Å²) in [5.41, 5.74) is 5.31. The molecule has 1 aromatic carbocycles. The Morgan fingerprint density at radius 2 is 2.00 bits per heavy atom. The molecule has 0 aliphatic heterocycles. The van der Waals surface area contributed by atoms with E-state index < -0.39 is 12.8 Å². The van der Waals surface area contributed by atoms with E-state index in [1.807, 2.05) is 0 Å². The average molecular weight is 285 g/mol. The van der Waals surface area contributed by atoms with Crippen molar-refractivity contribution in [3.63, 3.8) is 0 Å². The minimum atomic E-state index is -4.46. The van der Waals surface area contributed by atoms with Gasteiger partial charge < -0.3 is 15.2 Å². The highest BCUT2D eigenvalue weighted by Crippen LogP contribution is 2.32. The Morgan fingerprint density at radius 1 is 1.39 bits per heavy atom. The van der Waals surface area contributed by atoms with Crippen LogP contribution < -0.4 is 15.2 Å². The summed E-state index contributed by atoms with van der Waals surface area (Å²) < 4.78 is 45.6. The van der Waals surface area contributed by atoms with Crippen molar-refractivity contribution in [1.82, 2.24) is 0 Å². The van der Waals surface area contributed by atoms with Crippen LogP contribution in [0, 0.1) is 5.41 Å². The number of alkyl halides is 3. The first-order chi connectivity index (χ1) is 7.85. The predicted octanol–water partition coefficient (Wildman–Crippen LogP) is 2.34. The van der Waals surface area contributed by atoms with Gasteiger partial charge in [-0.1, -0.05) is 6.07 Å². The number of nitrogens with one attached hydrogen (secondary N) is 1. The standard InChI is InChI=1S/C10H11F3N2O2.ClH/c1-16-7-4-2-3-6(9(14)15)8(7)17-5-10(11,12)13;/h2-4H,5H2,1H3,(H3,14,15);1H. The van der Waals surface area contributed by atoms with Gasteiger partial charge in [-0.3, -0.25) is 5.41 Å². The number of halogens is 4. The van der Waals surface area contributed by atoms with Gasteiger partial charge in [0.25, 0.3) is 0 Å². The molecule has 18 heavy (non-hydrogen) atoms. The van der Waals surface area contributed by atoms with Crippen LogP contribution in [-0.2, 0) is 0 Å². The van der Waals surface area contributed by atoms with Crippen molar-refractivity contribution < 1.29 is 22.6 Å². The van der Waals surface area contributed by atoms with Gasteiger partial charge in [-0.15, -0.1) is 12.4 Å². The fourth-order valence-electron chi connectivity index (χ4n) is 1.19. The van der Waals surface area contributed by atoms with Crippen LogP contribution >= 0.6 is 12.4 Å². The molecule has 0 spiro atoms. The first kappa shape index (κ1) is 16.4. The molecule has 4 nitrogen and oxygen atoms in total. The first-order valence-electron chi connectivity index (χ1n) is 4.56. The highest BCUT2D eigenvalue weighted by atomic mass is 35.5. The summed E-state index contributed by atoms with van der Waals surface area (Å²) >= 11 is 0. The van der Waals surface area contributed by atoms with Gasteiger partial charge in [-0.05, 0) is 12.1 Å². The first-order valence-corrected chi connectivity index (χ1v) is 4.56. The third-order valence-corrected chi connectivity index (χ3v) is 1.87. The predicted molar refractivity (Wildman–Crippen MR) is 62.8 cm³/mol. The molecule has 0 aromatic heterocycles. The van der Waals surface area contributed by atoms with Gasteiger partial charge in [0.1, 0.15) is 5.84 Å². The molecule has 0 radical (unpaired) electrons. The van der Waals surface area contributed by atoms with E-state index >= 15 is 0 Å². The maximum atomic E-state index is 12.1. The number of ether oxygens (including phenoxy) is 2. The summed E-state index contributed by atoms with van der Waals surface area (Å²) in [5.74, 6) is -0.470. The van der Waals surface area contributed by atoms with Gasteiger partial charge in [0.15, 0.2) is 18.1 Å². The molecule has 3 N–H and O–H groups in total. The van der Waals surface area contributed by atoms with Crippen molar-refractivity contribution in [2.75, 3.05) is 13.7 Å². The van der Waals surface area contributed by atoms with Gasteiger partial charge in [-0.25, -0.2) is 0 Å². The summed E-state index contributed by atoms with van der Waals surface area (Å²) in [7, 11) is 1.29. The molecular formula is C10H12ClF3N2O2. The summed E-state index contributed by atoms with van der Waals surface area (Å²) in [6.07, 6.45) is -4.46. The molecule has 0 amide bonds. The van der Waals surface area contributed by atoms with E-state index in [4.69, 9.17) is 15.9 Å². The second-order valence-electron chi connectivity index (χ2n) is 3.15. The van der Waals surface area contributed by atoms with Crippen LogP contribution in [0.15, 0.2) is 18.2 Å². The Bertz CT molecular complexity index is 424. The van der Waals surface area contributed by atoms with Gasteiger partial charge in [-0.2, -0.15) is 13.2 Å². The summed E-state index contributed by atoms with van der Waals surface area (Å²) in [5, 5.41) is 7.24. The molecule has 1 aromatic rings. The molecule has 0 atom stereocenters. The zero-order valence-corrected chi connectivity index (χ0v) is 10.2. The highest BCUT2D eigenvalue weighted by Gasteiger charge is 2.29. The highest BCUT2D eigenvalue weighted by molar-refractivity contribution is 5.98. The lowest BCUT2D eigenvalue weighted by Crippen LogP contribution is -2.21. The van der Waals surface area contributed by atoms with Crippen LogP contribution in [0.25, 0.3) is 0 Å². The zero-order valence-electron chi connectivity index (χ0n) is 9.38. The number of hydrogen-bond donors (Lipinski definition) is 2. The number of hydrogen-bond acceptors (Lipinski definition) is 3. The van der Waals surface area contributed by atoms with Crippen molar-refractivity contribution in [2.45, 2.75) is 6.18 Å². The van der Waals surface area contributed by atoms with Crippen molar-refractivity contribution in [3.05, 3.63) is 23.8 Å². The van der Waals surface area contributed by atoms with Crippen LogP contribution in [0.5, 0.6) is 11.5 Å². The van der Waals surface area contributed by atoms with Crippen molar-refractivity contribution in [3.8, 4) is 11.5 Å². The summed E-state index contributed by atoms with van der Waals surface area (Å²) in [6.45, 7) is -1.46. The van der Waals surface area contributed by atoms with E-state index in [0.29, 0.717) is 0 Å². The Balaban J connectivity index is 0.00000289. The Morgan fingerprint density at radius 3 is 2.44 bits per heavy atom. The largest absolute Gasteiger partial charge is 0.493 e. The number of para-hydroxylation sites is 1. The van der Waals surface area contributed by atoms with E-state index in [0.717, 1.165) is 0 Å². The van der Waals surface area contributed by atoms with Crippen LogP contribution in [-0.4, -0.2) is 25.7 Å². The maximum Gasteiger partial charge on any atom is 0.422 e. The second kappa shape index (κ2) is 6.34. The normalized spacial score (nSPS) is 10.4. The smallest absolute Gasteiger partial charge is 0.422 e. The number of amidine groups is 1. The molecule has 0 heterocycles. The maximum absolute atomic E-state index is 12.1. The number of methoxy groups -OCH3 is 1. The van der Waals surface area contributed by atoms with Crippen LogP contribution in [0.1, 0.15) is 5.56 Å². The molecule has 0 aliphatic rings. The van der Waals surface area contributed by atoms with Crippen molar-refractivity contribution in [1.29, 1.82) is 5.41 Å². The fourth-order valence-corrected chi connectivity index (χ4v) is 1.19. The Hall–Kier alpha value is -1.63. The molecule has 0 fully saturated rings. The summed E-state index contributed by atoms with van der Waals surface area (Å²) in [6, 6.07) is 4.32. The van der Waals surface area contributed by atoms with E-state index in [-0.39, 0.29) is 35.3 Å². The lowest BCUT2D eigenvalue weighted by atomic mass is 10.1. The van der Waals surface area contributed by atoms with Crippen LogP contribution in [0.2, 0.25) is 0 Å². The van der Waals surface area contributed by atoms with Crippen molar-refractivity contribution >= 4 is 18.2 Å². The molecule has 0 unspecified atom stereocenters. The Labute approximate surface area is 108 Å². The average Bonchev–Trinajstić information content (AvgIpc) is 2.24. The minimum absolute atomic E-state index is 0. The second-order valence-corrected chi connectivity index (χ2v) is 3.15. The molecule has 1 rings (SSSR count). The number of rotatable bonds is 4.